The Balaban J connectivity index is 1.40. The molecule has 3 heterocycles. The number of rotatable bonds is 6. The van der Waals surface area contributed by atoms with Crippen LogP contribution in [0.25, 0.3) is 22.1 Å². The van der Waals surface area contributed by atoms with Gasteiger partial charge in [-0.1, -0.05) is 25.1 Å². The zero-order chi connectivity index (χ0) is 28.4. The number of alkyl halides is 3. The first-order chi connectivity index (χ1) is 19.0. The predicted molar refractivity (Wildman–Crippen MR) is 142 cm³/mol. The minimum absolute atomic E-state index is 0.103. The van der Waals surface area contributed by atoms with Gasteiger partial charge in [0, 0.05) is 56.1 Å². The van der Waals surface area contributed by atoms with Crippen LogP contribution in [0.1, 0.15) is 48.7 Å². The van der Waals surface area contributed by atoms with E-state index < -0.39 is 23.3 Å². The lowest BCUT2D eigenvalue weighted by Gasteiger charge is -2.36. The molecule has 0 spiro atoms. The van der Waals surface area contributed by atoms with Crippen molar-refractivity contribution in [2.45, 2.75) is 51.2 Å². The summed E-state index contributed by atoms with van der Waals surface area (Å²) in [5, 5.41) is 8.11. The lowest BCUT2D eigenvalue weighted by Crippen LogP contribution is -2.45. The fourth-order valence-corrected chi connectivity index (χ4v) is 5.90. The molecule has 2 fully saturated rings. The van der Waals surface area contributed by atoms with Gasteiger partial charge in [-0.05, 0) is 43.0 Å². The minimum atomic E-state index is -2.75. The molecule has 10 heteroatoms. The number of hydrogen-bond donors (Lipinski definition) is 0. The van der Waals surface area contributed by atoms with E-state index in [0.29, 0.717) is 24.0 Å². The molecule has 6 nitrogen and oxygen atoms in total. The van der Waals surface area contributed by atoms with E-state index in [2.05, 4.69) is 10.2 Å². The maximum atomic E-state index is 16.7. The Bertz CT molecular complexity index is 1660. The van der Waals surface area contributed by atoms with Gasteiger partial charge in [0.1, 0.15) is 24.0 Å². The van der Waals surface area contributed by atoms with E-state index in [9.17, 15) is 13.6 Å². The summed E-state index contributed by atoms with van der Waals surface area (Å²) in [6, 6.07) is 8.17. The van der Waals surface area contributed by atoms with Crippen molar-refractivity contribution in [3.05, 3.63) is 81.5 Å². The zero-order valence-corrected chi connectivity index (χ0v) is 22.6. The van der Waals surface area contributed by atoms with E-state index in [1.54, 1.807) is 40.8 Å². The Morgan fingerprint density at radius 2 is 2.00 bits per heavy atom. The zero-order valence-electron chi connectivity index (χ0n) is 22.6. The number of aryl methyl sites for hydroxylation is 2. The summed E-state index contributed by atoms with van der Waals surface area (Å²) < 4.78 is 67.4. The van der Waals surface area contributed by atoms with Crippen molar-refractivity contribution >= 4 is 11.0 Å². The fourth-order valence-electron chi connectivity index (χ4n) is 5.90. The fraction of sp³-hybridized carbons (Fsp3) is 0.433. The van der Waals surface area contributed by atoms with E-state index in [-0.39, 0.29) is 70.9 Å². The van der Waals surface area contributed by atoms with Crippen molar-refractivity contribution in [1.82, 2.24) is 19.7 Å². The molecule has 0 radical (unpaired) electrons. The van der Waals surface area contributed by atoms with Crippen molar-refractivity contribution in [3.8, 4) is 11.1 Å². The normalized spacial score (nSPS) is 21.0. The molecule has 0 bridgehead atoms. The summed E-state index contributed by atoms with van der Waals surface area (Å²) in [6.45, 7) is 3.38. The van der Waals surface area contributed by atoms with Crippen LogP contribution in [0.15, 0.2) is 52.1 Å². The summed E-state index contributed by atoms with van der Waals surface area (Å²) in [7, 11) is 1.70. The summed E-state index contributed by atoms with van der Waals surface area (Å²) in [4.78, 5) is 15.5. The molecule has 1 unspecified atom stereocenters. The van der Waals surface area contributed by atoms with Crippen LogP contribution in [0.3, 0.4) is 0 Å². The number of halogens is 4. The molecule has 1 saturated carbocycles. The Morgan fingerprint density at radius 1 is 1.23 bits per heavy atom. The highest BCUT2D eigenvalue weighted by Gasteiger charge is 2.51. The van der Waals surface area contributed by atoms with Gasteiger partial charge in [-0.2, -0.15) is 0 Å². The summed E-state index contributed by atoms with van der Waals surface area (Å²) in [5.74, 6) is -4.16. The molecule has 2 aromatic heterocycles. The number of likely N-dealkylation sites (tertiary alicyclic amines) is 1. The smallest absolute Gasteiger partial charge is 0.253 e. The summed E-state index contributed by atoms with van der Waals surface area (Å²) in [6.07, 6.45) is 3.88. The van der Waals surface area contributed by atoms with E-state index >= 15 is 8.78 Å². The van der Waals surface area contributed by atoms with Gasteiger partial charge in [-0.3, -0.25) is 9.69 Å². The maximum absolute atomic E-state index is 16.7. The molecular weight excluding hydrogens is 524 g/mol. The van der Waals surface area contributed by atoms with Crippen molar-refractivity contribution in [3.63, 3.8) is 0 Å². The lowest BCUT2D eigenvalue weighted by molar-refractivity contribution is -0.100. The molecule has 2 aromatic carbocycles. The molecule has 1 aliphatic carbocycles. The second-order valence-corrected chi connectivity index (χ2v) is 11.3. The van der Waals surface area contributed by atoms with Gasteiger partial charge in [0.05, 0.1) is 10.9 Å². The molecule has 2 aliphatic rings. The van der Waals surface area contributed by atoms with Crippen LogP contribution in [0.4, 0.5) is 17.6 Å². The molecular formula is C30H30F4N4O2. The van der Waals surface area contributed by atoms with Crippen molar-refractivity contribution in [2.24, 2.45) is 18.9 Å². The number of aromatic nitrogens is 3. The van der Waals surface area contributed by atoms with Crippen LogP contribution in [0.2, 0.25) is 0 Å². The molecule has 1 saturated heterocycles. The third-order valence-corrected chi connectivity index (χ3v) is 8.48. The first-order valence-electron chi connectivity index (χ1n) is 13.5. The molecule has 2 atom stereocenters. The maximum Gasteiger partial charge on any atom is 0.253 e. The average Bonchev–Trinajstić information content (AvgIpc) is 3.70. The summed E-state index contributed by atoms with van der Waals surface area (Å²) in [5.41, 5.74) is -0.638. The molecule has 0 amide bonds. The molecule has 40 heavy (non-hydrogen) atoms. The third-order valence-electron chi connectivity index (χ3n) is 8.48. The van der Waals surface area contributed by atoms with Crippen LogP contribution >= 0.6 is 0 Å². The Labute approximate surface area is 228 Å². The topological polar surface area (TPSA) is 64.2 Å². The minimum Gasteiger partial charge on any atom is -0.463 e. The molecule has 4 aromatic rings. The van der Waals surface area contributed by atoms with Gasteiger partial charge in [0.15, 0.2) is 11.5 Å². The Kier molecular flexibility index (Phi) is 6.36. The molecule has 210 valence electrons. The molecule has 0 N–H and O–H groups in total. The molecule has 1 aliphatic heterocycles. The van der Waals surface area contributed by atoms with Crippen LogP contribution < -0.4 is 5.43 Å². The Hall–Kier alpha value is -3.53. The van der Waals surface area contributed by atoms with Crippen molar-refractivity contribution in [1.29, 1.82) is 0 Å². The van der Waals surface area contributed by atoms with E-state index in [1.807, 2.05) is 0 Å². The monoisotopic (exact) mass is 554 g/mol. The van der Waals surface area contributed by atoms with Gasteiger partial charge < -0.3 is 8.98 Å². The van der Waals surface area contributed by atoms with Crippen LogP contribution in [-0.2, 0) is 19.3 Å². The van der Waals surface area contributed by atoms with Crippen molar-refractivity contribution in [2.75, 3.05) is 13.1 Å². The van der Waals surface area contributed by atoms with Crippen LogP contribution in [0.5, 0.6) is 0 Å². The van der Waals surface area contributed by atoms with Crippen molar-refractivity contribution < 1.29 is 22.0 Å². The predicted octanol–water partition coefficient (Wildman–Crippen LogP) is 6.14. The van der Waals surface area contributed by atoms with Gasteiger partial charge >= 0.3 is 0 Å². The number of fused-ring (bicyclic) bond motifs is 1. The summed E-state index contributed by atoms with van der Waals surface area (Å²) >= 11 is 0. The lowest BCUT2D eigenvalue weighted by atomic mass is 9.87. The highest BCUT2D eigenvalue weighted by Crippen LogP contribution is 2.52. The van der Waals surface area contributed by atoms with Gasteiger partial charge in [0.25, 0.3) is 5.92 Å². The highest BCUT2D eigenvalue weighted by atomic mass is 19.3. The van der Waals surface area contributed by atoms with Gasteiger partial charge in [0.2, 0.25) is 5.43 Å². The average molecular weight is 555 g/mol. The second kappa shape index (κ2) is 9.54. The number of benzene rings is 2. The van der Waals surface area contributed by atoms with E-state index in [4.69, 9.17) is 4.42 Å². The third kappa shape index (κ3) is 4.33. The van der Waals surface area contributed by atoms with Crippen LogP contribution in [0, 0.1) is 24.6 Å². The first-order valence-corrected chi connectivity index (χ1v) is 13.5. The Morgan fingerprint density at radius 3 is 2.67 bits per heavy atom. The molecule has 6 rings (SSSR count). The highest BCUT2D eigenvalue weighted by molar-refractivity contribution is 5.85. The number of nitrogens with zero attached hydrogens (tertiary/aromatic N) is 4. The number of hydrogen-bond acceptors (Lipinski definition) is 5. The number of piperidine rings is 1. The largest absolute Gasteiger partial charge is 0.463 e. The van der Waals surface area contributed by atoms with E-state index in [1.165, 1.54) is 32.5 Å². The SMILES string of the molecule is Cc1c(F)c(CN2CCC(F)(F)[C@H](C)C2)cc2c(=O)c(-c3cccc(C(F)(c4nncn4C)C4CC4)c3)coc12. The quantitative estimate of drug-likeness (QED) is 0.268. The first kappa shape index (κ1) is 26.7. The van der Waals surface area contributed by atoms with Crippen LogP contribution in [-0.4, -0.2) is 38.7 Å². The van der Waals surface area contributed by atoms with Gasteiger partial charge in [-0.25, -0.2) is 17.6 Å². The standard InChI is InChI=1S/C30H30F4N4O2/c1-17-13-38(10-9-29(17,32)33)14-20-12-23-26(39)24(15-40-27(23)18(2)25(20)31)19-5-4-6-22(11-19)30(34,21-7-8-21)28-36-35-16-37(28)3/h4-6,11-12,15-17,21H,7-10,13-14H2,1-3H3/t17-,30?/m1/s1. The van der Waals surface area contributed by atoms with E-state index in [0.717, 1.165) is 0 Å². The van der Waals surface area contributed by atoms with Gasteiger partial charge in [-0.15, -0.1) is 10.2 Å². The second-order valence-electron chi connectivity index (χ2n) is 11.3.